The summed E-state index contributed by atoms with van der Waals surface area (Å²) in [6, 6.07) is 19.8. The largest absolute Gasteiger partial charge is 0.493 e. The van der Waals surface area contributed by atoms with E-state index in [9.17, 15) is 4.79 Å². The van der Waals surface area contributed by atoms with Crippen molar-refractivity contribution in [3.63, 3.8) is 0 Å². The number of amides is 1. The number of carbonyl (C=O) groups is 1. The number of methoxy groups -OCH3 is 1. The minimum atomic E-state index is -0.492. The fraction of sp³-hybridized carbons (Fsp3) is 0.0952. The Kier molecular flexibility index (Phi) is 5.00. The maximum absolute atomic E-state index is 10.9. The zero-order valence-corrected chi connectivity index (χ0v) is 13.9. The van der Waals surface area contributed by atoms with E-state index < -0.39 is 5.91 Å². The second kappa shape index (κ2) is 7.53. The predicted molar refractivity (Wildman–Crippen MR) is 99.5 cm³/mol. The molecule has 0 atom stereocenters. The summed E-state index contributed by atoms with van der Waals surface area (Å²) >= 11 is 0. The summed E-state index contributed by atoms with van der Waals surface area (Å²) in [6.07, 6.45) is 2.96. The quantitative estimate of drug-likeness (QED) is 0.695. The highest BCUT2D eigenvalue weighted by molar-refractivity contribution is 5.90. The molecule has 0 aliphatic heterocycles. The highest BCUT2D eigenvalue weighted by Crippen LogP contribution is 2.30. The average molecular weight is 333 g/mol. The Balaban J connectivity index is 1.86. The van der Waals surface area contributed by atoms with Crippen LogP contribution in [0.25, 0.3) is 16.8 Å². The maximum Gasteiger partial charge on any atom is 0.241 e. The van der Waals surface area contributed by atoms with E-state index in [-0.39, 0.29) is 0 Å². The van der Waals surface area contributed by atoms with Crippen molar-refractivity contribution in [3.05, 3.63) is 77.9 Å². The molecular weight excluding hydrogens is 314 g/mol. The number of carbonyl (C=O) groups excluding carboxylic acids is 1. The van der Waals surface area contributed by atoms with Crippen molar-refractivity contribution >= 4 is 22.8 Å². The highest BCUT2D eigenvalue weighted by atomic mass is 16.5. The molecule has 0 aromatic heterocycles. The van der Waals surface area contributed by atoms with Crippen LogP contribution in [0.2, 0.25) is 0 Å². The number of benzene rings is 3. The number of hydrogen-bond donors (Lipinski definition) is 1. The maximum atomic E-state index is 10.9. The van der Waals surface area contributed by atoms with Gasteiger partial charge in [0.1, 0.15) is 6.61 Å². The van der Waals surface area contributed by atoms with Crippen molar-refractivity contribution in [2.45, 2.75) is 6.61 Å². The molecule has 25 heavy (non-hydrogen) atoms. The summed E-state index contributed by atoms with van der Waals surface area (Å²) in [6.45, 7) is 0.417. The summed E-state index contributed by atoms with van der Waals surface area (Å²) in [5, 5.41) is 2.34. The standard InChI is InChI=1S/C21H19NO3/c1-24-19-11-9-15(10-12-21(22)23)13-20(19)25-14-17-7-4-6-16-5-2-3-8-18(16)17/h2-13H,14H2,1H3,(H2,22,23)/b12-10-. The van der Waals surface area contributed by atoms with E-state index in [1.165, 1.54) is 11.5 Å². The molecule has 3 aromatic carbocycles. The van der Waals surface area contributed by atoms with Gasteiger partial charge in [0, 0.05) is 6.08 Å². The number of fused-ring (bicyclic) bond motifs is 1. The molecule has 4 heteroatoms. The monoisotopic (exact) mass is 333 g/mol. The van der Waals surface area contributed by atoms with Gasteiger partial charge in [-0.3, -0.25) is 4.79 Å². The van der Waals surface area contributed by atoms with Gasteiger partial charge in [-0.25, -0.2) is 0 Å². The first-order valence-electron chi connectivity index (χ1n) is 7.92. The van der Waals surface area contributed by atoms with E-state index in [0.29, 0.717) is 18.1 Å². The molecule has 0 bridgehead atoms. The summed E-state index contributed by atoms with van der Waals surface area (Å²) in [7, 11) is 1.60. The van der Waals surface area contributed by atoms with Crippen LogP contribution in [0.3, 0.4) is 0 Å². The van der Waals surface area contributed by atoms with Crippen LogP contribution in [-0.2, 0) is 11.4 Å². The number of primary amides is 1. The molecule has 3 rings (SSSR count). The molecule has 0 saturated heterocycles. The number of nitrogens with two attached hydrogens (primary N) is 1. The van der Waals surface area contributed by atoms with E-state index in [4.69, 9.17) is 15.2 Å². The summed E-state index contributed by atoms with van der Waals surface area (Å²) in [5.74, 6) is 0.757. The summed E-state index contributed by atoms with van der Waals surface area (Å²) in [5.41, 5.74) is 7.05. The highest BCUT2D eigenvalue weighted by Gasteiger charge is 2.07. The Labute approximate surface area is 146 Å². The topological polar surface area (TPSA) is 61.5 Å². The van der Waals surface area contributed by atoms with Crippen LogP contribution in [0.1, 0.15) is 11.1 Å². The third-order valence-electron chi connectivity index (χ3n) is 3.89. The van der Waals surface area contributed by atoms with Gasteiger partial charge in [-0.1, -0.05) is 48.5 Å². The number of rotatable bonds is 6. The average Bonchev–Trinajstić information content (AvgIpc) is 2.64. The second-order valence-corrected chi connectivity index (χ2v) is 5.57. The smallest absolute Gasteiger partial charge is 0.241 e. The summed E-state index contributed by atoms with van der Waals surface area (Å²) in [4.78, 5) is 10.9. The Morgan fingerprint density at radius 3 is 2.64 bits per heavy atom. The molecule has 0 unspecified atom stereocenters. The Hall–Kier alpha value is -3.27. The van der Waals surface area contributed by atoms with Crippen LogP contribution in [0.15, 0.2) is 66.7 Å². The minimum absolute atomic E-state index is 0.417. The molecule has 0 spiro atoms. The molecule has 126 valence electrons. The van der Waals surface area contributed by atoms with E-state index in [2.05, 4.69) is 18.2 Å². The van der Waals surface area contributed by atoms with Crippen molar-refractivity contribution in [1.29, 1.82) is 0 Å². The molecule has 0 aliphatic carbocycles. The molecule has 3 aromatic rings. The third-order valence-corrected chi connectivity index (χ3v) is 3.89. The lowest BCUT2D eigenvalue weighted by molar-refractivity contribution is -0.113. The Bertz CT molecular complexity index is 926. The first-order valence-corrected chi connectivity index (χ1v) is 7.92. The van der Waals surface area contributed by atoms with Gasteiger partial charge in [0.05, 0.1) is 7.11 Å². The van der Waals surface area contributed by atoms with Crippen LogP contribution in [0, 0.1) is 0 Å². The normalized spacial score (nSPS) is 10.9. The van der Waals surface area contributed by atoms with Gasteiger partial charge < -0.3 is 15.2 Å². The van der Waals surface area contributed by atoms with Crippen molar-refractivity contribution in [1.82, 2.24) is 0 Å². The van der Waals surface area contributed by atoms with Crippen molar-refractivity contribution in [2.75, 3.05) is 7.11 Å². The molecule has 4 nitrogen and oxygen atoms in total. The molecule has 1 amide bonds. The van der Waals surface area contributed by atoms with E-state index >= 15 is 0 Å². The zero-order chi connectivity index (χ0) is 17.6. The van der Waals surface area contributed by atoms with Gasteiger partial charge in [0.2, 0.25) is 5.91 Å². The van der Waals surface area contributed by atoms with Gasteiger partial charge in [-0.15, -0.1) is 0 Å². The SMILES string of the molecule is COc1ccc(/C=C\C(N)=O)cc1OCc1cccc2ccccc12. The van der Waals surface area contributed by atoms with Gasteiger partial charge in [-0.2, -0.15) is 0 Å². The first-order chi connectivity index (χ1) is 12.2. The predicted octanol–water partition coefficient (Wildman–Crippen LogP) is 3.93. The van der Waals surface area contributed by atoms with Crippen molar-refractivity contribution < 1.29 is 14.3 Å². The summed E-state index contributed by atoms with van der Waals surface area (Å²) < 4.78 is 11.4. The van der Waals surface area contributed by atoms with Crippen molar-refractivity contribution in [3.8, 4) is 11.5 Å². The first kappa shape index (κ1) is 16.6. The molecule has 0 aliphatic rings. The van der Waals surface area contributed by atoms with E-state index in [1.54, 1.807) is 19.3 Å². The third kappa shape index (κ3) is 3.98. The lowest BCUT2D eigenvalue weighted by Gasteiger charge is -2.13. The lowest BCUT2D eigenvalue weighted by Crippen LogP contribution is -2.05. The van der Waals surface area contributed by atoms with Crippen LogP contribution >= 0.6 is 0 Å². The fourth-order valence-corrected chi connectivity index (χ4v) is 2.66. The van der Waals surface area contributed by atoms with Crippen LogP contribution in [0.5, 0.6) is 11.5 Å². The minimum Gasteiger partial charge on any atom is -0.493 e. The molecule has 0 fully saturated rings. The fourth-order valence-electron chi connectivity index (χ4n) is 2.66. The number of ether oxygens (including phenoxy) is 2. The Morgan fingerprint density at radius 1 is 1.04 bits per heavy atom. The van der Waals surface area contributed by atoms with Gasteiger partial charge >= 0.3 is 0 Å². The molecule has 0 radical (unpaired) electrons. The second-order valence-electron chi connectivity index (χ2n) is 5.57. The molecule has 0 saturated carbocycles. The van der Waals surface area contributed by atoms with Gasteiger partial charge in [0.15, 0.2) is 11.5 Å². The van der Waals surface area contributed by atoms with E-state index in [0.717, 1.165) is 16.5 Å². The zero-order valence-electron chi connectivity index (χ0n) is 13.9. The van der Waals surface area contributed by atoms with Crippen molar-refractivity contribution in [2.24, 2.45) is 5.73 Å². The van der Waals surface area contributed by atoms with E-state index in [1.807, 2.05) is 36.4 Å². The Morgan fingerprint density at radius 2 is 1.84 bits per heavy atom. The van der Waals surface area contributed by atoms with Gasteiger partial charge in [0.25, 0.3) is 0 Å². The number of hydrogen-bond acceptors (Lipinski definition) is 3. The molecular formula is C21H19NO3. The van der Waals surface area contributed by atoms with Crippen LogP contribution in [0.4, 0.5) is 0 Å². The van der Waals surface area contributed by atoms with Gasteiger partial charge in [-0.05, 0) is 40.1 Å². The lowest BCUT2D eigenvalue weighted by atomic mass is 10.1. The van der Waals surface area contributed by atoms with Crippen LogP contribution in [-0.4, -0.2) is 13.0 Å². The van der Waals surface area contributed by atoms with Crippen LogP contribution < -0.4 is 15.2 Å². The molecule has 2 N–H and O–H groups in total. The molecule has 0 heterocycles.